The molecule has 0 aliphatic carbocycles. The van der Waals surface area contributed by atoms with Crippen LogP contribution in [0.2, 0.25) is 0 Å². The summed E-state index contributed by atoms with van der Waals surface area (Å²) in [5.74, 6) is 1.39. The maximum atomic E-state index is 12.1. The number of hydrogen-bond donors (Lipinski definition) is 1. The van der Waals surface area contributed by atoms with Gasteiger partial charge in [-0.3, -0.25) is 4.90 Å². The number of ether oxygens (including phenoxy) is 1. The van der Waals surface area contributed by atoms with Crippen molar-refractivity contribution in [3.63, 3.8) is 0 Å². The van der Waals surface area contributed by atoms with Crippen LogP contribution in [0.5, 0.6) is 0 Å². The van der Waals surface area contributed by atoms with Crippen LogP contribution in [0.25, 0.3) is 0 Å². The number of amides is 1. The molecular formula is C17H21N3O3. The number of oxazole rings is 1. The van der Waals surface area contributed by atoms with Crippen LogP contribution in [0.4, 0.5) is 10.5 Å². The molecule has 0 fully saturated rings. The van der Waals surface area contributed by atoms with Gasteiger partial charge in [0.2, 0.25) is 0 Å². The summed E-state index contributed by atoms with van der Waals surface area (Å²) in [4.78, 5) is 18.1. The molecule has 23 heavy (non-hydrogen) atoms. The van der Waals surface area contributed by atoms with Gasteiger partial charge in [0.25, 0.3) is 0 Å². The first-order valence-electron chi connectivity index (χ1n) is 7.60. The summed E-state index contributed by atoms with van der Waals surface area (Å²) in [6, 6.07) is 7.63. The lowest BCUT2D eigenvalue weighted by Gasteiger charge is -2.23. The van der Waals surface area contributed by atoms with Crippen LogP contribution < -0.4 is 5.73 Å². The summed E-state index contributed by atoms with van der Waals surface area (Å²) < 4.78 is 11.1. The summed E-state index contributed by atoms with van der Waals surface area (Å²) in [7, 11) is 0. The van der Waals surface area contributed by atoms with Gasteiger partial charge in [0, 0.05) is 12.1 Å². The van der Waals surface area contributed by atoms with E-state index in [2.05, 4.69) is 4.98 Å². The maximum Gasteiger partial charge on any atom is 0.411 e. The molecule has 1 aromatic heterocycles. The van der Waals surface area contributed by atoms with Crippen LogP contribution in [-0.2, 0) is 24.2 Å². The molecule has 1 aliphatic rings. The molecule has 2 heterocycles. The Bertz CT molecular complexity index is 690. The highest BCUT2D eigenvalue weighted by atomic mass is 16.6. The fraction of sp³-hybridized carbons (Fsp3) is 0.412. The Kier molecular flexibility index (Phi) is 3.75. The van der Waals surface area contributed by atoms with Crippen LogP contribution in [0.15, 0.2) is 28.7 Å². The van der Waals surface area contributed by atoms with Crippen molar-refractivity contribution in [2.45, 2.75) is 45.9 Å². The Morgan fingerprint density at radius 3 is 2.61 bits per heavy atom. The van der Waals surface area contributed by atoms with E-state index in [-0.39, 0.29) is 6.09 Å². The molecular weight excluding hydrogens is 294 g/mol. The van der Waals surface area contributed by atoms with E-state index in [0.29, 0.717) is 25.4 Å². The van der Waals surface area contributed by atoms with Gasteiger partial charge in [0.1, 0.15) is 17.1 Å². The molecule has 0 spiro atoms. The highest BCUT2D eigenvalue weighted by Crippen LogP contribution is 2.26. The molecule has 0 atom stereocenters. The first-order chi connectivity index (χ1) is 10.8. The molecule has 2 N–H and O–H groups in total. The van der Waals surface area contributed by atoms with Gasteiger partial charge in [-0.15, -0.1) is 0 Å². The minimum atomic E-state index is -0.505. The van der Waals surface area contributed by atoms with E-state index in [4.69, 9.17) is 14.9 Å². The molecule has 2 aromatic rings. The predicted molar refractivity (Wildman–Crippen MR) is 85.6 cm³/mol. The van der Waals surface area contributed by atoms with E-state index in [1.165, 1.54) is 0 Å². The number of carbonyl (C=O) groups is 1. The molecule has 3 rings (SSSR count). The second-order valence-corrected chi connectivity index (χ2v) is 6.73. The molecule has 0 bridgehead atoms. The zero-order chi connectivity index (χ0) is 16.6. The normalized spacial score (nSPS) is 14.0. The minimum absolute atomic E-state index is 0.342. The Morgan fingerprint density at radius 2 is 2.00 bits per heavy atom. The predicted octanol–water partition coefficient (Wildman–Crippen LogP) is 3.10. The number of hydrogen-bond acceptors (Lipinski definition) is 5. The quantitative estimate of drug-likeness (QED) is 0.861. The lowest BCUT2D eigenvalue weighted by atomic mass is 10.1. The van der Waals surface area contributed by atoms with Crippen LogP contribution in [0, 0.1) is 0 Å². The number of nitrogens with two attached hydrogens (primary N) is 1. The van der Waals surface area contributed by atoms with Gasteiger partial charge in [-0.05, 0) is 38.5 Å². The second-order valence-electron chi connectivity index (χ2n) is 6.73. The van der Waals surface area contributed by atoms with Crippen molar-refractivity contribution < 1.29 is 13.9 Å². The maximum absolute atomic E-state index is 12.1. The van der Waals surface area contributed by atoms with Crippen LogP contribution >= 0.6 is 0 Å². The average Bonchev–Trinajstić information content (AvgIpc) is 2.97. The van der Waals surface area contributed by atoms with Crippen molar-refractivity contribution in [2.24, 2.45) is 0 Å². The highest BCUT2D eigenvalue weighted by molar-refractivity contribution is 5.68. The summed E-state index contributed by atoms with van der Waals surface area (Å²) in [5, 5.41) is 0. The van der Waals surface area contributed by atoms with E-state index in [1.54, 1.807) is 4.90 Å². The SMILES string of the molecule is CC(C)(C)OC(=O)N1Cc2nc(Cc3ccc(N)cc3)oc2C1. The van der Waals surface area contributed by atoms with E-state index in [0.717, 1.165) is 22.7 Å². The fourth-order valence-electron chi connectivity index (χ4n) is 2.44. The average molecular weight is 315 g/mol. The van der Waals surface area contributed by atoms with Gasteiger partial charge in [0.05, 0.1) is 13.1 Å². The van der Waals surface area contributed by atoms with Gasteiger partial charge in [0.15, 0.2) is 5.89 Å². The summed E-state index contributed by atoms with van der Waals surface area (Å²) in [6.45, 7) is 6.37. The molecule has 0 saturated heterocycles. The zero-order valence-electron chi connectivity index (χ0n) is 13.6. The Morgan fingerprint density at radius 1 is 1.30 bits per heavy atom. The number of anilines is 1. The highest BCUT2D eigenvalue weighted by Gasteiger charge is 2.31. The van der Waals surface area contributed by atoms with Crippen LogP contribution in [0.1, 0.15) is 43.7 Å². The molecule has 6 nitrogen and oxygen atoms in total. The molecule has 0 saturated carbocycles. The second kappa shape index (κ2) is 5.61. The summed E-state index contributed by atoms with van der Waals surface area (Å²) in [5.41, 5.74) is 7.80. The van der Waals surface area contributed by atoms with Crippen molar-refractivity contribution in [3.05, 3.63) is 47.2 Å². The first-order valence-corrected chi connectivity index (χ1v) is 7.60. The number of benzene rings is 1. The first kappa shape index (κ1) is 15.4. The van der Waals surface area contributed by atoms with Gasteiger partial charge in [-0.2, -0.15) is 0 Å². The van der Waals surface area contributed by atoms with Crippen molar-refractivity contribution in [1.82, 2.24) is 9.88 Å². The Labute approximate surface area is 135 Å². The molecule has 0 unspecified atom stereocenters. The van der Waals surface area contributed by atoms with Crippen LogP contribution in [0.3, 0.4) is 0 Å². The zero-order valence-corrected chi connectivity index (χ0v) is 13.6. The number of carbonyl (C=O) groups excluding carboxylic acids is 1. The van der Waals surface area contributed by atoms with Crippen molar-refractivity contribution in [1.29, 1.82) is 0 Å². The molecule has 0 radical (unpaired) electrons. The van der Waals surface area contributed by atoms with Gasteiger partial charge < -0.3 is 14.9 Å². The molecule has 122 valence electrons. The Balaban J connectivity index is 1.64. The topological polar surface area (TPSA) is 81.6 Å². The lowest BCUT2D eigenvalue weighted by Crippen LogP contribution is -2.33. The number of nitrogens with zero attached hydrogens (tertiary/aromatic N) is 2. The number of nitrogen functional groups attached to an aromatic ring is 1. The smallest absolute Gasteiger partial charge is 0.411 e. The number of aromatic nitrogens is 1. The molecule has 1 aliphatic heterocycles. The largest absolute Gasteiger partial charge is 0.444 e. The molecule has 1 aromatic carbocycles. The van der Waals surface area contributed by atoms with E-state index < -0.39 is 5.60 Å². The Hall–Kier alpha value is -2.50. The molecule has 1 amide bonds. The van der Waals surface area contributed by atoms with Gasteiger partial charge in [-0.25, -0.2) is 9.78 Å². The number of fused-ring (bicyclic) bond motifs is 1. The minimum Gasteiger partial charge on any atom is -0.444 e. The van der Waals surface area contributed by atoms with Gasteiger partial charge >= 0.3 is 6.09 Å². The van der Waals surface area contributed by atoms with E-state index in [9.17, 15) is 4.79 Å². The molecule has 6 heteroatoms. The van der Waals surface area contributed by atoms with E-state index >= 15 is 0 Å². The van der Waals surface area contributed by atoms with Gasteiger partial charge in [-0.1, -0.05) is 12.1 Å². The third kappa shape index (κ3) is 3.64. The standard InChI is InChI=1S/C17H21N3O3/c1-17(2,3)23-16(21)20-9-13-14(10-20)22-15(19-13)8-11-4-6-12(18)7-5-11/h4-7H,8-10,18H2,1-3H3. The van der Waals surface area contributed by atoms with Crippen molar-refractivity contribution in [2.75, 3.05) is 5.73 Å². The monoisotopic (exact) mass is 315 g/mol. The summed E-state index contributed by atoms with van der Waals surface area (Å²) in [6.07, 6.45) is 0.269. The van der Waals surface area contributed by atoms with Crippen LogP contribution in [-0.4, -0.2) is 21.6 Å². The fourth-order valence-corrected chi connectivity index (χ4v) is 2.44. The van der Waals surface area contributed by atoms with Crippen molar-refractivity contribution in [3.8, 4) is 0 Å². The van der Waals surface area contributed by atoms with Crippen molar-refractivity contribution >= 4 is 11.8 Å². The third-order valence-corrected chi connectivity index (χ3v) is 3.48. The number of rotatable bonds is 2. The van der Waals surface area contributed by atoms with E-state index in [1.807, 2.05) is 45.0 Å². The summed E-state index contributed by atoms with van der Waals surface area (Å²) >= 11 is 0. The lowest BCUT2D eigenvalue weighted by molar-refractivity contribution is 0.0231. The third-order valence-electron chi connectivity index (χ3n) is 3.48.